The highest BCUT2D eigenvalue weighted by Gasteiger charge is 2.17. The van der Waals surface area contributed by atoms with Gasteiger partial charge in [-0.2, -0.15) is 0 Å². The summed E-state index contributed by atoms with van der Waals surface area (Å²) < 4.78 is 49.3. The second-order valence-corrected chi connectivity index (χ2v) is 7.57. The fraction of sp³-hybridized carbons (Fsp3) is 0.0400. The molecule has 0 aliphatic heterocycles. The molecule has 0 bridgehead atoms. The molecule has 1 nitrogen and oxygen atoms in total. The zero-order valence-corrected chi connectivity index (χ0v) is 17.3. The average Bonchev–Trinajstić information content (AvgIpc) is 2.77. The van der Waals surface area contributed by atoms with Crippen molar-refractivity contribution in [3.05, 3.63) is 112 Å². The maximum Gasteiger partial charge on any atom is 0.167 e. The van der Waals surface area contributed by atoms with E-state index in [4.69, 9.17) is 4.74 Å². The highest BCUT2D eigenvalue weighted by Crippen LogP contribution is 2.33. The number of halogens is 4. The Kier molecular flexibility index (Phi) is 5.91. The van der Waals surface area contributed by atoms with Crippen LogP contribution >= 0.6 is 15.9 Å². The summed E-state index contributed by atoms with van der Waals surface area (Å²) in [6.07, 6.45) is 0. The van der Waals surface area contributed by atoms with Crippen molar-refractivity contribution in [2.45, 2.75) is 6.61 Å². The molecule has 0 unspecified atom stereocenters. The van der Waals surface area contributed by atoms with E-state index >= 15 is 0 Å². The van der Waals surface area contributed by atoms with Crippen molar-refractivity contribution in [1.82, 2.24) is 0 Å². The minimum absolute atomic E-state index is 0.00506. The van der Waals surface area contributed by atoms with E-state index in [0.717, 1.165) is 5.56 Å². The number of hydrogen-bond acceptors (Lipinski definition) is 1. The standard InChI is InChI=1S/C25H16BrF3O/c26-22-13-8-18(14-23(22)27)21-12-11-20(24(28)25(21)29)17-6-9-19(10-7-17)30-15-16-4-2-1-3-5-16/h1-14H,15H2. The van der Waals surface area contributed by atoms with Crippen LogP contribution in [0.25, 0.3) is 22.3 Å². The maximum absolute atomic E-state index is 14.8. The SMILES string of the molecule is Fc1cc(-c2ccc(-c3ccc(OCc4ccccc4)cc3)c(F)c2F)ccc1Br. The van der Waals surface area contributed by atoms with Gasteiger partial charge >= 0.3 is 0 Å². The van der Waals surface area contributed by atoms with E-state index in [1.165, 1.54) is 30.3 Å². The maximum atomic E-state index is 14.8. The summed E-state index contributed by atoms with van der Waals surface area (Å²) in [4.78, 5) is 0. The summed E-state index contributed by atoms with van der Waals surface area (Å²) in [5.74, 6) is -1.90. The van der Waals surface area contributed by atoms with Gasteiger partial charge < -0.3 is 4.74 Å². The molecule has 5 heteroatoms. The molecule has 0 heterocycles. The van der Waals surface area contributed by atoms with Crippen molar-refractivity contribution in [2.75, 3.05) is 0 Å². The van der Waals surface area contributed by atoms with Gasteiger partial charge in [0, 0.05) is 11.1 Å². The Morgan fingerprint density at radius 2 is 1.27 bits per heavy atom. The third kappa shape index (κ3) is 4.26. The van der Waals surface area contributed by atoms with Gasteiger partial charge in [0.25, 0.3) is 0 Å². The van der Waals surface area contributed by atoms with Crippen LogP contribution in [0.4, 0.5) is 13.2 Å². The van der Waals surface area contributed by atoms with E-state index in [0.29, 0.717) is 17.9 Å². The topological polar surface area (TPSA) is 9.23 Å². The molecule has 0 aliphatic rings. The molecule has 0 saturated carbocycles. The van der Waals surface area contributed by atoms with Gasteiger partial charge in [-0.3, -0.25) is 0 Å². The van der Waals surface area contributed by atoms with Crippen molar-refractivity contribution in [3.8, 4) is 28.0 Å². The third-order valence-electron chi connectivity index (χ3n) is 4.73. The molecule has 0 radical (unpaired) electrons. The lowest BCUT2D eigenvalue weighted by Crippen LogP contribution is -1.96. The summed E-state index contributed by atoms with van der Waals surface area (Å²) in [5.41, 5.74) is 1.96. The minimum atomic E-state index is -1.02. The van der Waals surface area contributed by atoms with Crippen LogP contribution in [-0.2, 0) is 6.61 Å². The molecule has 0 spiro atoms. The molecule has 0 saturated heterocycles. The predicted octanol–water partition coefficient (Wildman–Crippen LogP) is 7.78. The largest absolute Gasteiger partial charge is 0.489 e. The number of hydrogen-bond donors (Lipinski definition) is 0. The summed E-state index contributed by atoms with van der Waals surface area (Å²) in [7, 11) is 0. The highest BCUT2D eigenvalue weighted by atomic mass is 79.9. The van der Waals surface area contributed by atoms with Gasteiger partial charge in [-0.05, 0) is 56.9 Å². The van der Waals surface area contributed by atoms with Gasteiger partial charge in [0.2, 0.25) is 0 Å². The zero-order valence-electron chi connectivity index (χ0n) is 15.7. The predicted molar refractivity (Wildman–Crippen MR) is 116 cm³/mol. The monoisotopic (exact) mass is 468 g/mol. The second kappa shape index (κ2) is 8.76. The van der Waals surface area contributed by atoms with Gasteiger partial charge in [0.15, 0.2) is 11.6 Å². The number of rotatable bonds is 5. The van der Waals surface area contributed by atoms with Crippen LogP contribution in [0.2, 0.25) is 0 Å². The Hall–Kier alpha value is -3.05. The van der Waals surface area contributed by atoms with Crippen molar-refractivity contribution >= 4 is 15.9 Å². The van der Waals surface area contributed by atoms with E-state index in [1.807, 2.05) is 30.3 Å². The van der Waals surface area contributed by atoms with Crippen LogP contribution in [0.5, 0.6) is 5.75 Å². The molecule has 0 amide bonds. The van der Waals surface area contributed by atoms with Crippen LogP contribution in [-0.4, -0.2) is 0 Å². The molecular formula is C25H16BrF3O. The Bertz CT molecular complexity index is 1180. The Balaban J connectivity index is 1.56. The Morgan fingerprint density at radius 1 is 0.667 bits per heavy atom. The van der Waals surface area contributed by atoms with Crippen LogP contribution in [0, 0.1) is 17.5 Å². The fourth-order valence-corrected chi connectivity index (χ4v) is 3.38. The zero-order chi connectivity index (χ0) is 21.1. The van der Waals surface area contributed by atoms with Gasteiger partial charge in [0.1, 0.15) is 18.2 Å². The van der Waals surface area contributed by atoms with Crippen molar-refractivity contribution in [3.63, 3.8) is 0 Å². The second-order valence-electron chi connectivity index (χ2n) is 6.72. The van der Waals surface area contributed by atoms with Crippen LogP contribution in [0.3, 0.4) is 0 Å². The molecule has 0 aliphatic carbocycles. The van der Waals surface area contributed by atoms with Crippen LogP contribution in [0.1, 0.15) is 5.56 Å². The fourth-order valence-electron chi connectivity index (χ4n) is 3.13. The smallest absolute Gasteiger partial charge is 0.167 e. The molecule has 4 aromatic carbocycles. The minimum Gasteiger partial charge on any atom is -0.489 e. The van der Waals surface area contributed by atoms with Crippen molar-refractivity contribution in [1.29, 1.82) is 0 Å². The van der Waals surface area contributed by atoms with Gasteiger partial charge in [-0.1, -0.05) is 60.7 Å². The van der Waals surface area contributed by atoms with E-state index in [9.17, 15) is 13.2 Å². The summed E-state index contributed by atoms with van der Waals surface area (Å²) in [6, 6.07) is 23.6. The average molecular weight is 469 g/mol. The van der Waals surface area contributed by atoms with E-state index in [-0.39, 0.29) is 21.2 Å². The van der Waals surface area contributed by atoms with Crippen LogP contribution < -0.4 is 4.74 Å². The van der Waals surface area contributed by atoms with Crippen molar-refractivity contribution < 1.29 is 17.9 Å². The molecule has 30 heavy (non-hydrogen) atoms. The number of benzene rings is 4. The summed E-state index contributed by atoms with van der Waals surface area (Å²) in [5, 5.41) is 0. The van der Waals surface area contributed by atoms with Crippen molar-refractivity contribution in [2.24, 2.45) is 0 Å². The molecule has 0 atom stereocenters. The first-order valence-corrected chi connectivity index (χ1v) is 10.0. The highest BCUT2D eigenvalue weighted by molar-refractivity contribution is 9.10. The summed E-state index contributed by atoms with van der Waals surface area (Å²) >= 11 is 3.05. The first kappa shape index (κ1) is 20.2. The first-order chi connectivity index (χ1) is 14.5. The summed E-state index contributed by atoms with van der Waals surface area (Å²) in [6.45, 7) is 0.418. The molecule has 4 rings (SSSR count). The first-order valence-electron chi connectivity index (χ1n) is 9.23. The lowest BCUT2D eigenvalue weighted by molar-refractivity contribution is 0.306. The molecule has 0 aromatic heterocycles. The Morgan fingerprint density at radius 3 is 1.90 bits per heavy atom. The molecule has 4 aromatic rings. The normalized spacial score (nSPS) is 10.8. The van der Waals surface area contributed by atoms with Gasteiger partial charge in [-0.25, -0.2) is 13.2 Å². The number of ether oxygens (including phenoxy) is 1. The van der Waals surface area contributed by atoms with E-state index in [1.54, 1.807) is 24.3 Å². The molecule has 150 valence electrons. The van der Waals surface area contributed by atoms with Gasteiger partial charge in [0.05, 0.1) is 4.47 Å². The molecule has 0 fully saturated rings. The lowest BCUT2D eigenvalue weighted by atomic mass is 9.98. The Labute approximate surface area is 180 Å². The van der Waals surface area contributed by atoms with Gasteiger partial charge in [-0.15, -0.1) is 0 Å². The molecular weight excluding hydrogens is 453 g/mol. The quantitative estimate of drug-likeness (QED) is 0.290. The lowest BCUT2D eigenvalue weighted by Gasteiger charge is -2.11. The third-order valence-corrected chi connectivity index (χ3v) is 5.37. The van der Waals surface area contributed by atoms with Crippen LogP contribution in [0.15, 0.2) is 89.4 Å². The van der Waals surface area contributed by atoms with E-state index < -0.39 is 17.5 Å². The van der Waals surface area contributed by atoms with E-state index in [2.05, 4.69) is 15.9 Å². The molecule has 0 N–H and O–H groups in total.